The molecular formula is C34H35ClN2O2. The molecule has 0 aromatic heterocycles. The van der Waals surface area contributed by atoms with E-state index in [-0.39, 0.29) is 30.7 Å². The Morgan fingerprint density at radius 2 is 1.31 bits per heavy atom. The van der Waals surface area contributed by atoms with Gasteiger partial charge in [-0.05, 0) is 34.7 Å². The fourth-order valence-corrected chi connectivity index (χ4v) is 5.02. The van der Waals surface area contributed by atoms with Gasteiger partial charge in [0.15, 0.2) is 0 Å². The van der Waals surface area contributed by atoms with Crippen molar-refractivity contribution in [2.24, 2.45) is 0 Å². The lowest BCUT2D eigenvalue weighted by Crippen LogP contribution is -2.51. The minimum atomic E-state index is -0.685. The van der Waals surface area contributed by atoms with Crippen LogP contribution in [0.25, 0.3) is 0 Å². The maximum atomic E-state index is 14.3. The molecular weight excluding hydrogens is 504 g/mol. The fourth-order valence-electron chi connectivity index (χ4n) is 4.82. The SMILES string of the molecule is CCCNC(=O)C(Cc1ccccc1)N(Cc1ccccc1Cl)C(=O)CC(c1ccccc1)c1ccccc1. The third kappa shape index (κ3) is 7.81. The highest BCUT2D eigenvalue weighted by molar-refractivity contribution is 6.31. The first-order chi connectivity index (χ1) is 19.1. The van der Waals surface area contributed by atoms with Gasteiger partial charge in [-0.3, -0.25) is 9.59 Å². The molecule has 4 aromatic carbocycles. The Kier molecular flexibility index (Phi) is 10.3. The van der Waals surface area contributed by atoms with Crippen LogP contribution in [0.4, 0.5) is 0 Å². The predicted molar refractivity (Wildman–Crippen MR) is 159 cm³/mol. The standard InChI is InChI=1S/C34H35ClN2O2/c1-2-22-36-34(39)32(23-26-14-6-3-7-15-26)37(25-29-20-12-13-21-31(29)35)33(38)24-30(27-16-8-4-9-17-27)28-18-10-5-11-19-28/h3-21,30,32H,2,22-25H2,1H3,(H,36,39). The van der Waals surface area contributed by atoms with E-state index in [0.717, 1.165) is 28.7 Å². The molecule has 0 aliphatic heterocycles. The molecule has 1 atom stereocenters. The fraction of sp³-hybridized carbons (Fsp3) is 0.235. The summed E-state index contributed by atoms with van der Waals surface area (Å²) in [6.45, 7) is 2.81. The maximum absolute atomic E-state index is 14.3. The van der Waals surface area contributed by atoms with Crippen molar-refractivity contribution in [3.63, 3.8) is 0 Å². The minimum Gasteiger partial charge on any atom is -0.354 e. The van der Waals surface area contributed by atoms with Crippen LogP contribution in [-0.2, 0) is 22.6 Å². The zero-order chi connectivity index (χ0) is 27.5. The van der Waals surface area contributed by atoms with Gasteiger partial charge in [-0.15, -0.1) is 0 Å². The summed E-state index contributed by atoms with van der Waals surface area (Å²) in [5, 5.41) is 3.61. The molecule has 2 amide bonds. The first-order valence-corrected chi connectivity index (χ1v) is 13.9. The molecule has 0 saturated carbocycles. The van der Waals surface area contributed by atoms with Crippen LogP contribution in [0.15, 0.2) is 115 Å². The van der Waals surface area contributed by atoms with Crippen LogP contribution >= 0.6 is 11.6 Å². The van der Waals surface area contributed by atoms with Gasteiger partial charge in [0.25, 0.3) is 0 Å². The zero-order valence-electron chi connectivity index (χ0n) is 22.3. The highest BCUT2D eigenvalue weighted by Gasteiger charge is 2.32. The molecule has 39 heavy (non-hydrogen) atoms. The maximum Gasteiger partial charge on any atom is 0.243 e. The highest BCUT2D eigenvalue weighted by atomic mass is 35.5. The van der Waals surface area contributed by atoms with Gasteiger partial charge in [0.2, 0.25) is 11.8 Å². The third-order valence-corrected chi connectivity index (χ3v) is 7.27. The molecule has 1 N–H and O–H groups in total. The van der Waals surface area contributed by atoms with E-state index in [4.69, 9.17) is 11.6 Å². The molecule has 4 rings (SSSR count). The summed E-state index contributed by atoms with van der Waals surface area (Å²) in [6.07, 6.45) is 1.45. The van der Waals surface area contributed by atoms with Gasteiger partial charge in [0.05, 0.1) is 0 Å². The molecule has 200 valence electrons. The number of rotatable bonds is 12. The van der Waals surface area contributed by atoms with Crippen molar-refractivity contribution >= 4 is 23.4 Å². The average Bonchev–Trinajstić information content (AvgIpc) is 2.98. The molecule has 0 bridgehead atoms. The second kappa shape index (κ2) is 14.3. The Morgan fingerprint density at radius 1 is 0.769 bits per heavy atom. The van der Waals surface area contributed by atoms with Crippen molar-refractivity contribution in [2.45, 2.75) is 44.7 Å². The lowest BCUT2D eigenvalue weighted by molar-refractivity contribution is -0.141. The molecule has 0 aliphatic rings. The van der Waals surface area contributed by atoms with Gasteiger partial charge in [-0.25, -0.2) is 0 Å². The van der Waals surface area contributed by atoms with Crippen molar-refractivity contribution in [3.05, 3.63) is 143 Å². The Hall–Kier alpha value is -3.89. The lowest BCUT2D eigenvalue weighted by Gasteiger charge is -2.33. The van der Waals surface area contributed by atoms with Crippen LogP contribution in [0.5, 0.6) is 0 Å². The number of nitrogens with zero attached hydrogens (tertiary/aromatic N) is 1. The zero-order valence-corrected chi connectivity index (χ0v) is 23.1. The summed E-state index contributed by atoms with van der Waals surface area (Å²) in [4.78, 5) is 29.7. The van der Waals surface area contributed by atoms with Crippen molar-refractivity contribution in [3.8, 4) is 0 Å². The van der Waals surface area contributed by atoms with Gasteiger partial charge >= 0.3 is 0 Å². The number of hydrogen-bond donors (Lipinski definition) is 1. The number of nitrogens with one attached hydrogen (secondary N) is 1. The van der Waals surface area contributed by atoms with Crippen LogP contribution in [-0.4, -0.2) is 29.3 Å². The number of benzene rings is 4. The highest BCUT2D eigenvalue weighted by Crippen LogP contribution is 2.30. The molecule has 0 aliphatic carbocycles. The third-order valence-electron chi connectivity index (χ3n) is 6.90. The van der Waals surface area contributed by atoms with E-state index in [1.54, 1.807) is 4.90 Å². The van der Waals surface area contributed by atoms with E-state index < -0.39 is 6.04 Å². The predicted octanol–water partition coefficient (Wildman–Crippen LogP) is 7.03. The summed E-state index contributed by atoms with van der Waals surface area (Å²) in [6, 6.07) is 36.8. The lowest BCUT2D eigenvalue weighted by atomic mass is 9.87. The first-order valence-electron chi connectivity index (χ1n) is 13.5. The summed E-state index contributed by atoms with van der Waals surface area (Å²) >= 11 is 6.56. The second-order valence-corrected chi connectivity index (χ2v) is 10.1. The molecule has 4 nitrogen and oxygen atoms in total. The van der Waals surface area contributed by atoms with E-state index in [0.29, 0.717) is 18.0 Å². The van der Waals surface area contributed by atoms with E-state index in [1.807, 2.05) is 97.9 Å². The van der Waals surface area contributed by atoms with Gasteiger partial charge in [0, 0.05) is 36.9 Å². The smallest absolute Gasteiger partial charge is 0.243 e. The van der Waals surface area contributed by atoms with E-state index in [9.17, 15) is 9.59 Å². The number of carbonyl (C=O) groups is 2. The largest absolute Gasteiger partial charge is 0.354 e. The van der Waals surface area contributed by atoms with Crippen molar-refractivity contribution in [2.75, 3.05) is 6.54 Å². The van der Waals surface area contributed by atoms with Crippen LogP contribution in [0, 0.1) is 0 Å². The van der Waals surface area contributed by atoms with E-state index in [2.05, 4.69) is 29.6 Å². The summed E-state index contributed by atoms with van der Waals surface area (Å²) in [5.41, 5.74) is 3.92. The number of carbonyl (C=O) groups excluding carboxylic acids is 2. The summed E-state index contributed by atoms with van der Waals surface area (Å²) < 4.78 is 0. The van der Waals surface area contributed by atoms with Gasteiger partial charge < -0.3 is 10.2 Å². The van der Waals surface area contributed by atoms with Crippen molar-refractivity contribution in [1.29, 1.82) is 0 Å². The molecule has 0 saturated heterocycles. The summed E-state index contributed by atoms with van der Waals surface area (Å²) in [7, 11) is 0. The van der Waals surface area contributed by atoms with Crippen LogP contribution < -0.4 is 5.32 Å². The number of halogens is 1. The van der Waals surface area contributed by atoms with Crippen LogP contribution in [0.2, 0.25) is 5.02 Å². The van der Waals surface area contributed by atoms with Gasteiger partial charge in [0.1, 0.15) is 6.04 Å². The molecule has 1 unspecified atom stereocenters. The molecule has 5 heteroatoms. The topological polar surface area (TPSA) is 49.4 Å². The normalized spacial score (nSPS) is 11.7. The molecule has 0 spiro atoms. The minimum absolute atomic E-state index is 0.0970. The molecule has 0 fully saturated rings. The number of hydrogen-bond acceptors (Lipinski definition) is 2. The monoisotopic (exact) mass is 538 g/mol. The van der Waals surface area contributed by atoms with Crippen LogP contribution in [0.1, 0.15) is 47.9 Å². The van der Waals surface area contributed by atoms with Crippen LogP contribution in [0.3, 0.4) is 0 Å². The Labute approximate surface area is 236 Å². The van der Waals surface area contributed by atoms with Gasteiger partial charge in [-0.2, -0.15) is 0 Å². The number of amides is 2. The van der Waals surface area contributed by atoms with E-state index >= 15 is 0 Å². The summed E-state index contributed by atoms with van der Waals surface area (Å²) in [5.74, 6) is -0.401. The second-order valence-electron chi connectivity index (χ2n) is 9.69. The average molecular weight is 539 g/mol. The van der Waals surface area contributed by atoms with Crippen molar-refractivity contribution < 1.29 is 9.59 Å². The first kappa shape index (κ1) is 28.1. The van der Waals surface area contributed by atoms with Crippen molar-refractivity contribution in [1.82, 2.24) is 10.2 Å². The van der Waals surface area contributed by atoms with E-state index in [1.165, 1.54) is 0 Å². The van der Waals surface area contributed by atoms with Gasteiger partial charge in [-0.1, -0.05) is 128 Å². The molecule has 0 radical (unpaired) electrons. The molecule has 4 aromatic rings. The Morgan fingerprint density at radius 3 is 1.87 bits per heavy atom. The Balaban J connectivity index is 1.73. The molecule has 0 heterocycles. The quantitative estimate of drug-likeness (QED) is 0.210. The Bertz CT molecular complexity index is 1290.